The average molecular weight is 203 g/mol. The summed E-state index contributed by atoms with van der Waals surface area (Å²) < 4.78 is 9.32. The van der Waals surface area contributed by atoms with Crippen LogP contribution < -0.4 is 5.32 Å². The summed E-state index contributed by atoms with van der Waals surface area (Å²) in [6.45, 7) is 4.35. The lowest BCUT2D eigenvalue weighted by Gasteiger charge is -2.15. The van der Waals surface area contributed by atoms with E-state index in [0.717, 1.165) is 12.8 Å². The first kappa shape index (κ1) is 12.7. The van der Waals surface area contributed by atoms with Crippen LogP contribution >= 0.6 is 0 Å². The van der Waals surface area contributed by atoms with E-state index < -0.39 is 12.3 Å². The molecule has 14 heavy (non-hydrogen) atoms. The van der Waals surface area contributed by atoms with E-state index in [-0.39, 0.29) is 0 Å². The van der Waals surface area contributed by atoms with Crippen molar-refractivity contribution in [3.8, 4) is 0 Å². The van der Waals surface area contributed by atoms with Crippen LogP contribution in [0.2, 0.25) is 0 Å². The minimum absolute atomic E-state index is 0.299. The van der Waals surface area contributed by atoms with Crippen LogP contribution in [0.25, 0.3) is 0 Å². The molecule has 5 heteroatoms. The molecule has 0 spiro atoms. The van der Waals surface area contributed by atoms with Gasteiger partial charge >= 0.3 is 6.09 Å². The van der Waals surface area contributed by atoms with Gasteiger partial charge in [-0.3, -0.25) is 10.1 Å². The van der Waals surface area contributed by atoms with Crippen LogP contribution in [-0.2, 0) is 14.3 Å². The van der Waals surface area contributed by atoms with Gasteiger partial charge in [-0.15, -0.1) is 0 Å². The van der Waals surface area contributed by atoms with Gasteiger partial charge in [-0.1, -0.05) is 13.3 Å². The zero-order valence-corrected chi connectivity index (χ0v) is 8.62. The number of rotatable bonds is 7. The third kappa shape index (κ3) is 6.28. The van der Waals surface area contributed by atoms with Gasteiger partial charge in [-0.05, 0) is 13.3 Å². The largest absolute Gasteiger partial charge is 0.450 e. The normalized spacial score (nSPS) is 11.6. The summed E-state index contributed by atoms with van der Waals surface area (Å²) in [4.78, 5) is 21.1. The molecule has 1 unspecified atom stereocenters. The van der Waals surface area contributed by atoms with Gasteiger partial charge in [0.05, 0.1) is 6.61 Å². The molecule has 0 aromatic rings. The molecule has 0 heterocycles. The minimum Gasteiger partial charge on any atom is -0.450 e. The van der Waals surface area contributed by atoms with Crippen LogP contribution in [0.5, 0.6) is 0 Å². The second-order valence-corrected chi connectivity index (χ2v) is 2.73. The summed E-state index contributed by atoms with van der Waals surface area (Å²) in [5, 5.41) is 2.44. The molecule has 0 rings (SSSR count). The molecule has 82 valence electrons. The number of carbonyl (C=O) groups is 2. The van der Waals surface area contributed by atoms with E-state index in [9.17, 15) is 9.59 Å². The standard InChI is InChI=1S/C9H17NO4/c1-3-5-6-8(14-7-11)10-9(12)13-4-2/h7-8H,3-6H2,1-2H3,(H,10,12). The van der Waals surface area contributed by atoms with Crippen LogP contribution in [0.1, 0.15) is 33.1 Å². The van der Waals surface area contributed by atoms with Crippen molar-refractivity contribution in [2.24, 2.45) is 0 Å². The first-order chi connectivity index (χ1) is 6.74. The molecule has 0 saturated carbocycles. The van der Waals surface area contributed by atoms with E-state index in [4.69, 9.17) is 0 Å². The molecule has 1 amide bonds. The fourth-order valence-corrected chi connectivity index (χ4v) is 0.935. The Labute approximate surface area is 83.8 Å². The average Bonchev–Trinajstić information content (AvgIpc) is 2.15. The predicted octanol–water partition coefficient (Wildman–Crippen LogP) is 1.42. The first-order valence-corrected chi connectivity index (χ1v) is 4.77. The molecule has 5 nitrogen and oxygen atoms in total. The second kappa shape index (κ2) is 8.34. The number of amides is 1. The Hall–Kier alpha value is -1.26. The van der Waals surface area contributed by atoms with Crippen molar-refractivity contribution in [2.75, 3.05) is 6.61 Å². The molecule has 0 aliphatic rings. The van der Waals surface area contributed by atoms with Gasteiger partial charge in [0.25, 0.3) is 6.47 Å². The topological polar surface area (TPSA) is 64.6 Å². The fraction of sp³-hybridized carbons (Fsp3) is 0.778. The number of unbranched alkanes of at least 4 members (excludes halogenated alkanes) is 1. The molecular weight excluding hydrogens is 186 g/mol. The number of alkyl carbamates (subject to hydrolysis) is 1. The zero-order chi connectivity index (χ0) is 10.8. The van der Waals surface area contributed by atoms with Crippen molar-refractivity contribution >= 4 is 12.6 Å². The molecule has 0 aromatic heterocycles. The third-order valence-corrected chi connectivity index (χ3v) is 1.59. The van der Waals surface area contributed by atoms with E-state index >= 15 is 0 Å². The van der Waals surface area contributed by atoms with E-state index in [1.54, 1.807) is 6.92 Å². The lowest BCUT2D eigenvalue weighted by molar-refractivity contribution is -0.135. The smallest absolute Gasteiger partial charge is 0.409 e. The molecule has 0 saturated heterocycles. The highest BCUT2D eigenvalue weighted by atomic mass is 16.6. The Kier molecular flexibility index (Phi) is 7.59. The van der Waals surface area contributed by atoms with Crippen molar-refractivity contribution in [2.45, 2.75) is 39.3 Å². The molecule has 0 bridgehead atoms. The van der Waals surface area contributed by atoms with Gasteiger partial charge in [-0.25, -0.2) is 4.79 Å². The first-order valence-electron chi connectivity index (χ1n) is 4.77. The molecule has 0 fully saturated rings. The quantitative estimate of drug-likeness (QED) is 0.502. The molecular formula is C9H17NO4. The Balaban J connectivity index is 3.81. The van der Waals surface area contributed by atoms with Gasteiger partial charge in [0.2, 0.25) is 0 Å². The second-order valence-electron chi connectivity index (χ2n) is 2.73. The summed E-state index contributed by atoms with van der Waals surface area (Å²) in [6, 6.07) is 0. The van der Waals surface area contributed by atoms with E-state index in [1.165, 1.54) is 0 Å². The number of carbonyl (C=O) groups excluding carboxylic acids is 2. The Bertz CT molecular complexity index is 172. The van der Waals surface area contributed by atoms with Crippen molar-refractivity contribution in [3.63, 3.8) is 0 Å². The van der Waals surface area contributed by atoms with Crippen LogP contribution in [-0.4, -0.2) is 25.4 Å². The number of nitrogens with one attached hydrogen (secondary N) is 1. The molecule has 0 aliphatic heterocycles. The number of hydrogen-bond acceptors (Lipinski definition) is 4. The SMILES string of the molecule is CCCCC(NC(=O)OCC)OC=O. The van der Waals surface area contributed by atoms with E-state index in [1.807, 2.05) is 6.92 Å². The number of hydrogen-bond donors (Lipinski definition) is 1. The van der Waals surface area contributed by atoms with Crippen LogP contribution in [0, 0.1) is 0 Å². The maximum Gasteiger partial charge on any atom is 0.409 e. The van der Waals surface area contributed by atoms with Crippen LogP contribution in [0.4, 0.5) is 4.79 Å². The highest BCUT2D eigenvalue weighted by Crippen LogP contribution is 2.01. The Morgan fingerprint density at radius 1 is 1.50 bits per heavy atom. The van der Waals surface area contributed by atoms with Crippen molar-refractivity contribution < 1.29 is 19.1 Å². The van der Waals surface area contributed by atoms with E-state index in [2.05, 4.69) is 14.8 Å². The Morgan fingerprint density at radius 3 is 2.71 bits per heavy atom. The van der Waals surface area contributed by atoms with Crippen molar-refractivity contribution in [3.05, 3.63) is 0 Å². The molecule has 0 radical (unpaired) electrons. The lowest BCUT2D eigenvalue weighted by atomic mass is 10.2. The molecule has 0 aliphatic carbocycles. The summed E-state index contributed by atoms with van der Waals surface area (Å²) in [5.74, 6) is 0. The van der Waals surface area contributed by atoms with Gasteiger partial charge in [-0.2, -0.15) is 0 Å². The third-order valence-electron chi connectivity index (χ3n) is 1.59. The maximum absolute atomic E-state index is 11.0. The Morgan fingerprint density at radius 2 is 2.21 bits per heavy atom. The minimum atomic E-state index is -0.577. The van der Waals surface area contributed by atoms with Gasteiger partial charge in [0.1, 0.15) is 0 Å². The zero-order valence-electron chi connectivity index (χ0n) is 8.62. The van der Waals surface area contributed by atoms with Gasteiger partial charge < -0.3 is 9.47 Å². The fourth-order valence-electron chi connectivity index (χ4n) is 0.935. The van der Waals surface area contributed by atoms with Gasteiger partial charge in [0, 0.05) is 6.42 Å². The molecule has 1 N–H and O–H groups in total. The van der Waals surface area contributed by atoms with Crippen LogP contribution in [0.15, 0.2) is 0 Å². The lowest BCUT2D eigenvalue weighted by Crippen LogP contribution is -2.37. The van der Waals surface area contributed by atoms with E-state index in [0.29, 0.717) is 19.5 Å². The predicted molar refractivity (Wildman–Crippen MR) is 50.6 cm³/mol. The summed E-state index contributed by atoms with van der Waals surface area (Å²) >= 11 is 0. The highest BCUT2D eigenvalue weighted by molar-refractivity contribution is 5.67. The summed E-state index contributed by atoms with van der Waals surface area (Å²) in [7, 11) is 0. The maximum atomic E-state index is 11.0. The van der Waals surface area contributed by atoms with Crippen molar-refractivity contribution in [1.82, 2.24) is 5.32 Å². The number of ether oxygens (including phenoxy) is 2. The van der Waals surface area contributed by atoms with Gasteiger partial charge in [0.15, 0.2) is 6.23 Å². The van der Waals surface area contributed by atoms with Crippen molar-refractivity contribution in [1.29, 1.82) is 0 Å². The molecule has 0 aromatic carbocycles. The highest BCUT2D eigenvalue weighted by Gasteiger charge is 2.12. The summed E-state index contributed by atoms with van der Waals surface area (Å²) in [5.41, 5.74) is 0. The molecule has 1 atom stereocenters. The van der Waals surface area contributed by atoms with Crippen LogP contribution in [0.3, 0.4) is 0 Å². The summed E-state index contributed by atoms with van der Waals surface area (Å²) in [6.07, 6.45) is 1.32. The monoisotopic (exact) mass is 203 g/mol.